The van der Waals surface area contributed by atoms with Gasteiger partial charge in [0.25, 0.3) is 0 Å². The summed E-state index contributed by atoms with van der Waals surface area (Å²) in [6.07, 6.45) is 45.1. The summed E-state index contributed by atoms with van der Waals surface area (Å²) in [5.41, 5.74) is 0.348. The molecule has 0 heterocycles. The zero-order valence-electron chi connectivity index (χ0n) is 30.2. The molecule has 0 rings (SSSR count). The minimum Gasteiger partial charge on any atom is -0.237 e. The second-order valence-corrected chi connectivity index (χ2v) is 20.2. The van der Waals surface area contributed by atoms with Gasteiger partial charge in [0.2, 0.25) is 0 Å². The third-order valence-corrected chi connectivity index (χ3v) is 11.6. The van der Waals surface area contributed by atoms with Crippen molar-refractivity contribution in [3.05, 3.63) is 0 Å². The lowest BCUT2D eigenvalue weighted by atomic mass is 10.0. The molecule has 0 radical (unpaired) electrons. The van der Waals surface area contributed by atoms with Crippen LogP contribution in [-0.2, 0) is 9.78 Å². The molecule has 0 aromatic rings. The normalized spacial score (nSPS) is 12.8. The summed E-state index contributed by atoms with van der Waals surface area (Å²) in [5.74, 6) is 0. The van der Waals surface area contributed by atoms with Crippen LogP contribution < -0.4 is 0 Å². The Balaban J connectivity index is 3.48. The van der Waals surface area contributed by atoms with E-state index in [0.717, 1.165) is 13.0 Å². The molecule has 0 bridgehead atoms. The Hall–Kier alpha value is 0.137. The maximum Gasteiger partial charge on any atom is 0.0827 e. The predicted molar refractivity (Wildman–Crippen MR) is 193 cm³/mol. The summed E-state index contributed by atoms with van der Waals surface area (Å²) < 4.78 is 0. The van der Waals surface area contributed by atoms with Crippen LogP contribution in [0.2, 0.25) is 19.6 Å². The number of hydrogen-bond donors (Lipinski definition) is 0. The summed E-state index contributed by atoms with van der Waals surface area (Å²) in [7, 11) is -1.35. The molecule has 0 fully saturated rings. The molecule has 0 aliphatic rings. The van der Waals surface area contributed by atoms with E-state index < -0.39 is 8.07 Å². The lowest BCUT2D eigenvalue weighted by Crippen LogP contribution is -2.40. The van der Waals surface area contributed by atoms with Gasteiger partial charge in [0.1, 0.15) is 0 Å². The molecule has 0 aliphatic heterocycles. The van der Waals surface area contributed by atoms with Crippen LogP contribution in [0.3, 0.4) is 0 Å². The first kappa shape index (κ1) is 42.1. The van der Waals surface area contributed by atoms with Gasteiger partial charge in [-0.3, -0.25) is 0 Å². The van der Waals surface area contributed by atoms with Crippen molar-refractivity contribution in [2.75, 3.05) is 6.61 Å². The molecule has 2 nitrogen and oxygen atoms in total. The van der Waals surface area contributed by atoms with Crippen molar-refractivity contribution in [3.8, 4) is 0 Å². The number of hydrogen-bond acceptors (Lipinski definition) is 2. The Morgan fingerprint density at radius 3 is 0.905 bits per heavy atom. The molecule has 254 valence electrons. The van der Waals surface area contributed by atoms with Crippen LogP contribution in [0.4, 0.5) is 0 Å². The lowest BCUT2D eigenvalue weighted by Gasteiger charge is -2.27. The van der Waals surface area contributed by atoms with Crippen molar-refractivity contribution in [1.82, 2.24) is 0 Å². The molecule has 0 amide bonds. The zero-order valence-corrected chi connectivity index (χ0v) is 31.2. The van der Waals surface area contributed by atoms with Crippen LogP contribution in [-0.4, -0.2) is 20.4 Å². The molecule has 1 atom stereocenters. The van der Waals surface area contributed by atoms with Gasteiger partial charge in [-0.2, -0.15) is 0 Å². The van der Waals surface area contributed by atoms with E-state index in [4.69, 9.17) is 9.78 Å². The first-order valence-electron chi connectivity index (χ1n) is 19.8. The van der Waals surface area contributed by atoms with Crippen LogP contribution in [0.1, 0.15) is 219 Å². The van der Waals surface area contributed by atoms with Gasteiger partial charge in [-0.1, -0.05) is 226 Å². The van der Waals surface area contributed by atoms with Crippen LogP contribution in [0, 0.1) is 0 Å². The third-order valence-electron chi connectivity index (χ3n) is 9.30. The topological polar surface area (TPSA) is 18.5 Å². The van der Waals surface area contributed by atoms with Crippen molar-refractivity contribution in [2.24, 2.45) is 0 Å². The summed E-state index contributed by atoms with van der Waals surface area (Å²) in [4.78, 5) is 11.8. The van der Waals surface area contributed by atoms with Crippen LogP contribution in [0.5, 0.6) is 0 Å². The Kier molecular flexibility index (Phi) is 34.1. The van der Waals surface area contributed by atoms with E-state index >= 15 is 0 Å². The first-order valence-corrected chi connectivity index (χ1v) is 23.4. The SMILES string of the molecule is CCCCCCCCCCCCCCCCCCOOC(CCCCCCCCCCCCCCCCC)[Si](C)(C)C. The fourth-order valence-corrected chi connectivity index (χ4v) is 7.59. The maximum atomic E-state index is 6.01. The van der Waals surface area contributed by atoms with E-state index in [1.54, 1.807) is 0 Å². The van der Waals surface area contributed by atoms with Crippen LogP contribution >= 0.6 is 0 Å². The molecule has 0 saturated heterocycles. The highest BCUT2D eigenvalue weighted by molar-refractivity contribution is 6.77. The van der Waals surface area contributed by atoms with Gasteiger partial charge in [0.15, 0.2) is 0 Å². The van der Waals surface area contributed by atoms with E-state index in [0.29, 0.717) is 5.73 Å². The van der Waals surface area contributed by atoms with Gasteiger partial charge in [-0.05, 0) is 12.8 Å². The fourth-order valence-electron chi connectivity index (χ4n) is 6.17. The van der Waals surface area contributed by atoms with Gasteiger partial charge < -0.3 is 0 Å². The van der Waals surface area contributed by atoms with Crippen molar-refractivity contribution >= 4 is 8.07 Å². The zero-order chi connectivity index (χ0) is 30.8. The van der Waals surface area contributed by atoms with Gasteiger partial charge in [0.05, 0.1) is 20.4 Å². The Morgan fingerprint density at radius 2 is 0.619 bits per heavy atom. The second-order valence-electron chi connectivity index (χ2n) is 14.8. The minimum absolute atomic E-state index is 0.348. The summed E-state index contributed by atoms with van der Waals surface area (Å²) in [6, 6.07) is 0. The number of rotatable bonds is 36. The first-order chi connectivity index (χ1) is 20.5. The maximum absolute atomic E-state index is 6.01. The molecule has 0 aromatic heterocycles. The monoisotopic (exact) mass is 611 g/mol. The van der Waals surface area contributed by atoms with Crippen molar-refractivity contribution < 1.29 is 9.78 Å². The predicted octanol–water partition coefficient (Wildman–Crippen LogP) is 14.7. The van der Waals surface area contributed by atoms with Crippen LogP contribution in [0.15, 0.2) is 0 Å². The lowest BCUT2D eigenvalue weighted by molar-refractivity contribution is -0.310. The van der Waals surface area contributed by atoms with E-state index in [2.05, 4.69) is 33.5 Å². The van der Waals surface area contributed by atoms with E-state index in [-0.39, 0.29) is 0 Å². The summed E-state index contributed by atoms with van der Waals surface area (Å²) in [6.45, 7) is 12.7. The number of unbranched alkanes of at least 4 members (excludes halogenated alkanes) is 29. The molecule has 1 unspecified atom stereocenters. The molecule has 0 aliphatic carbocycles. The smallest absolute Gasteiger partial charge is 0.0827 e. The van der Waals surface area contributed by atoms with Gasteiger partial charge in [0, 0.05) is 0 Å². The molecule has 3 heteroatoms. The van der Waals surface area contributed by atoms with Crippen molar-refractivity contribution in [3.63, 3.8) is 0 Å². The van der Waals surface area contributed by atoms with Crippen molar-refractivity contribution in [2.45, 2.75) is 245 Å². The van der Waals surface area contributed by atoms with Crippen molar-refractivity contribution in [1.29, 1.82) is 0 Å². The molecule has 0 spiro atoms. The van der Waals surface area contributed by atoms with Gasteiger partial charge in [-0.25, -0.2) is 9.78 Å². The molecule has 0 N–H and O–H groups in total. The highest BCUT2D eigenvalue weighted by Gasteiger charge is 2.28. The van der Waals surface area contributed by atoms with Gasteiger partial charge >= 0.3 is 0 Å². The summed E-state index contributed by atoms with van der Waals surface area (Å²) >= 11 is 0. The average molecular weight is 611 g/mol. The third kappa shape index (κ3) is 33.0. The molecular weight excluding hydrogens is 529 g/mol. The van der Waals surface area contributed by atoms with Crippen LogP contribution in [0.25, 0.3) is 0 Å². The highest BCUT2D eigenvalue weighted by Crippen LogP contribution is 2.20. The summed E-state index contributed by atoms with van der Waals surface area (Å²) in [5, 5.41) is 0. The molecule has 0 aromatic carbocycles. The van der Waals surface area contributed by atoms with E-state index in [9.17, 15) is 0 Å². The molecule has 0 saturated carbocycles. The average Bonchev–Trinajstić information content (AvgIpc) is 2.96. The Bertz CT molecular complexity index is 489. The largest absolute Gasteiger partial charge is 0.237 e. The van der Waals surface area contributed by atoms with E-state index in [1.165, 1.54) is 199 Å². The highest BCUT2D eigenvalue weighted by atomic mass is 28.3. The minimum atomic E-state index is -1.35. The van der Waals surface area contributed by atoms with E-state index in [1.807, 2.05) is 0 Å². The van der Waals surface area contributed by atoms with Gasteiger partial charge in [-0.15, -0.1) is 0 Å². The fraction of sp³-hybridized carbons (Fsp3) is 1.00. The Labute approximate surface area is 268 Å². The molecular formula is C39H82O2Si. The standard InChI is InChI=1S/C39H82O2Si/c1-6-8-10-12-14-16-18-20-22-24-26-28-30-32-34-36-38-40-41-39(42(3,4)5)37-35-33-31-29-27-25-23-21-19-17-15-13-11-9-7-2/h39H,6-38H2,1-5H3. The Morgan fingerprint density at radius 1 is 0.357 bits per heavy atom. The molecule has 42 heavy (non-hydrogen) atoms. The quantitative estimate of drug-likeness (QED) is 0.0304. The second kappa shape index (κ2) is 34.0.